The molecular formula is C12H17NO2S. The van der Waals surface area contributed by atoms with E-state index >= 15 is 0 Å². The Kier molecular flexibility index (Phi) is 4.80. The summed E-state index contributed by atoms with van der Waals surface area (Å²) < 4.78 is 0. The minimum absolute atomic E-state index is 0.319. The first-order valence-electron chi connectivity index (χ1n) is 5.37. The predicted octanol–water partition coefficient (Wildman–Crippen LogP) is 3.23. The molecule has 1 rings (SSSR count). The molecule has 88 valence electrons. The lowest BCUT2D eigenvalue weighted by Gasteiger charge is -2.08. The van der Waals surface area contributed by atoms with Gasteiger partial charge in [-0.05, 0) is 25.0 Å². The molecule has 0 aromatic carbocycles. The lowest BCUT2D eigenvalue weighted by molar-refractivity contribution is 0.0696. The van der Waals surface area contributed by atoms with Gasteiger partial charge in [0.2, 0.25) is 0 Å². The van der Waals surface area contributed by atoms with Crippen molar-refractivity contribution in [1.82, 2.24) is 4.98 Å². The van der Waals surface area contributed by atoms with Gasteiger partial charge in [0, 0.05) is 11.4 Å². The Balaban J connectivity index is 2.76. The molecule has 3 nitrogen and oxygen atoms in total. The smallest absolute Gasteiger partial charge is 0.335 e. The molecule has 0 aliphatic heterocycles. The van der Waals surface area contributed by atoms with Gasteiger partial charge < -0.3 is 5.11 Å². The number of pyridine rings is 1. The number of hydrogen-bond acceptors (Lipinski definition) is 3. The summed E-state index contributed by atoms with van der Waals surface area (Å²) in [6.45, 7) is 6.15. The van der Waals surface area contributed by atoms with Crippen LogP contribution in [0.1, 0.15) is 36.3 Å². The molecule has 16 heavy (non-hydrogen) atoms. The minimum Gasteiger partial charge on any atom is -0.478 e. The summed E-state index contributed by atoms with van der Waals surface area (Å²) in [5.41, 5.74) is 1.07. The van der Waals surface area contributed by atoms with E-state index in [9.17, 15) is 4.79 Å². The second-order valence-corrected chi connectivity index (χ2v) is 5.01. The first-order valence-corrected chi connectivity index (χ1v) is 6.36. The maximum absolute atomic E-state index is 10.9. The van der Waals surface area contributed by atoms with Gasteiger partial charge in [0.25, 0.3) is 0 Å². The molecule has 0 radical (unpaired) electrons. The van der Waals surface area contributed by atoms with E-state index in [0.717, 1.165) is 22.9 Å². The summed E-state index contributed by atoms with van der Waals surface area (Å²) in [6, 6.07) is 3.23. The summed E-state index contributed by atoms with van der Waals surface area (Å²) in [4.78, 5) is 15.2. The van der Waals surface area contributed by atoms with Crippen LogP contribution in [0.25, 0.3) is 0 Å². The lowest BCUT2D eigenvalue weighted by Crippen LogP contribution is -2.01. The van der Waals surface area contributed by atoms with Crippen molar-refractivity contribution in [3.63, 3.8) is 0 Å². The highest BCUT2D eigenvalue weighted by Gasteiger charge is 2.08. The van der Waals surface area contributed by atoms with Crippen LogP contribution in [0.15, 0.2) is 17.2 Å². The average Bonchev–Trinajstić information content (AvgIpc) is 2.25. The van der Waals surface area contributed by atoms with E-state index in [2.05, 4.69) is 18.8 Å². The SMILES string of the molecule is CCC(C)CSc1cc(C(=O)O)cc(C)n1. The first kappa shape index (κ1) is 13.0. The van der Waals surface area contributed by atoms with Crippen LogP contribution in [-0.4, -0.2) is 21.8 Å². The standard InChI is InChI=1S/C12H17NO2S/c1-4-8(2)7-16-11-6-10(12(14)15)5-9(3)13-11/h5-6,8H,4,7H2,1-3H3,(H,14,15). The van der Waals surface area contributed by atoms with Crippen molar-refractivity contribution in [3.05, 3.63) is 23.4 Å². The van der Waals surface area contributed by atoms with E-state index in [1.165, 1.54) is 0 Å². The van der Waals surface area contributed by atoms with E-state index in [-0.39, 0.29) is 0 Å². The minimum atomic E-state index is -0.893. The van der Waals surface area contributed by atoms with Crippen LogP contribution in [0.4, 0.5) is 0 Å². The van der Waals surface area contributed by atoms with Gasteiger partial charge in [-0.3, -0.25) is 0 Å². The van der Waals surface area contributed by atoms with Gasteiger partial charge in [-0.15, -0.1) is 11.8 Å². The molecule has 0 saturated heterocycles. The summed E-state index contributed by atoms with van der Waals surface area (Å²) in [7, 11) is 0. The third kappa shape index (κ3) is 3.85. The van der Waals surface area contributed by atoms with E-state index in [1.54, 1.807) is 23.9 Å². The Labute approximate surface area is 100 Å². The monoisotopic (exact) mass is 239 g/mol. The number of hydrogen-bond donors (Lipinski definition) is 1. The van der Waals surface area contributed by atoms with Crippen LogP contribution in [0.2, 0.25) is 0 Å². The molecule has 1 atom stereocenters. The van der Waals surface area contributed by atoms with Crippen molar-refractivity contribution in [3.8, 4) is 0 Å². The van der Waals surface area contributed by atoms with Crippen molar-refractivity contribution in [2.75, 3.05) is 5.75 Å². The van der Waals surface area contributed by atoms with Crippen molar-refractivity contribution in [2.24, 2.45) is 5.92 Å². The van der Waals surface area contributed by atoms with Crippen molar-refractivity contribution in [1.29, 1.82) is 0 Å². The Bertz CT molecular complexity index is 379. The van der Waals surface area contributed by atoms with E-state index in [4.69, 9.17) is 5.11 Å². The molecule has 0 bridgehead atoms. The third-order valence-corrected chi connectivity index (χ3v) is 3.63. The quantitative estimate of drug-likeness (QED) is 0.801. The van der Waals surface area contributed by atoms with E-state index in [0.29, 0.717) is 11.5 Å². The zero-order valence-electron chi connectivity index (χ0n) is 9.86. The van der Waals surface area contributed by atoms with Gasteiger partial charge in [-0.25, -0.2) is 9.78 Å². The van der Waals surface area contributed by atoms with Crippen molar-refractivity contribution < 1.29 is 9.90 Å². The molecule has 1 N–H and O–H groups in total. The number of carbonyl (C=O) groups is 1. The second kappa shape index (κ2) is 5.89. The number of thioether (sulfide) groups is 1. The highest BCUT2D eigenvalue weighted by atomic mass is 32.2. The first-order chi connectivity index (χ1) is 7.52. The van der Waals surface area contributed by atoms with Crippen LogP contribution in [0.5, 0.6) is 0 Å². The molecule has 0 fully saturated rings. The second-order valence-electron chi connectivity index (χ2n) is 3.97. The number of aromatic carboxylic acids is 1. The van der Waals surface area contributed by atoms with Crippen LogP contribution in [0, 0.1) is 12.8 Å². The summed E-state index contributed by atoms with van der Waals surface area (Å²) in [5.74, 6) is 0.711. The molecule has 1 unspecified atom stereocenters. The largest absolute Gasteiger partial charge is 0.478 e. The molecule has 1 heterocycles. The van der Waals surface area contributed by atoms with Crippen molar-refractivity contribution in [2.45, 2.75) is 32.2 Å². The molecule has 1 aromatic rings. The molecule has 0 aliphatic rings. The third-order valence-electron chi connectivity index (χ3n) is 2.39. The molecule has 0 aliphatic carbocycles. The van der Waals surface area contributed by atoms with E-state index < -0.39 is 5.97 Å². The maximum Gasteiger partial charge on any atom is 0.335 e. The zero-order chi connectivity index (χ0) is 12.1. The Morgan fingerprint density at radius 3 is 2.81 bits per heavy atom. The number of carboxylic acids is 1. The molecular weight excluding hydrogens is 222 g/mol. The maximum atomic E-state index is 10.9. The van der Waals surface area contributed by atoms with Crippen LogP contribution in [-0.2, 0) is 0 Å². The predicted molar refractivity (Wildman–Crippen MR) is 66.1 cm³/mol. The Morgan fingerprint density at radius 1 is 1.56 bits per heavy atom. The molecule has 1 aromatic heterocycles. The van der Waals surface area contributed by atoms with Crippen molar-refractivity contribution >= 4 is 17.7 Å². The van der Waals surface area contributed by atoms with Gasteiger partial charge in [-0.2, -0.15) is 0 Å². The van der Waals surface area contributed by atoms with Crippen LogP contribution < -0.4 is 0 Å². The molecule has 0 amide bonds. The van der Waals surface area contributed by atoms with Gasteiger partial charge in [-0.1, -0.05) is 20.3 Å². The zero-order valence-corrected chi connectivity index (χ0v) is 10.7. The summed E-state index contributed by atoms with van der Waals surface area (Å²) in [6.07, 6.45) is 1.13. The highest BCUT2D eigenvalue weighted by molar-refractivity contribution is 7.99. The van der Waals surface area contributed by atoms with Gasteiger partial charge in [0.05, 0.1) is 10.6 Å². The normalized spacial score (nSPS) is 12.4. The summed E-state index contributed by atoms with van der Waals surface area (Å²) >= 11 is 1.62. The topological polar surface area (TPSA) is 50.2 Å². The van der Waals surface area contributed by atoms with Crippen LogP contribution >= 0.6 is 11.8 Å². The fourth-order valence-electron chi connectivity index (χ4n) is 1.18. The number of nitrogens with zero attached hydrogens (tertiary/aromatic N) is 1. The summed E-state index contributed by atoms with van der Waals surface area (Å²) in [5, 5.41) is 9.72. The van der Waals surface area contributed by atoms with Gasteiger partial charge in [0.1, 0.15) is 0 Å². The lowest BCUT2D eigenvalue weighted by atomic mass is 10.2. The number of aryl methyl sites for hydroxylation is 1. The average molecular weight is 239 g/mol. The molecule has 0 spiro atoms. The fourth-order valence-corrected chi connectivity index (χ4v) is 2.29. The van der Waals surface area contributed by atoms with Gasteiger partial charge in [0.15, 0.2) is 0 Å². The molecule has 4 heteroatoms. The molecule has 0 saturated carbocycles. The Morgan fingerprint density at radius 2 is 2.25 bits per heavy atom. The van der Waals surface area contributed by atoms with E-state index in [1.807, 2.05) is 6.92 Å². The number of rotatable bonds is 5. The number of carboxylic acid groups (broad SMARTS) is 1. The fraction of sp³-hybridized carbons (Fsp3) is 0.500. The number of aromatic nitrogens is 1. The van der Waals surface area contributed by atoms with Crippen LogP contribution in [0.3, 0.4) is 0 Å². The van der Waals surface area contributed by atoms with Gasteiger partial charge >= 0.3 is 5.97 Å². The Hall–Kier alpha value is -1.03. The highest BCUT2D eigenvalue weighted by Crippen LogP contribution is 2.21.